The second-order valence-corrected chi connectivity index (χ2v) is 9.22. The van der Waals surface area contributed by atoms with Crippen molar-refractivity contribution in [1.29, 1.82) is 0 Å². The van der Waals surface area contributed by atoms with Crippen LogP contribution in [0.4, 0.5) is 17.3 Å². The van der Waals surface area contributed by atoms with Crippen molar-refractivity contribution in [3.63, 3.8) is 0 Å². The standard InChI is InChI=1S/C27H27ClN6O3/c1-3-37-26(36)21-17-34(23-7-5-4-6-22(23)28)25(35)20-16-29-27(31-24(20)21)30-18-8-10-19(11-9-18)33-14-12-32(2)13-15-33/h4-11,16-17H,3,12-15H2,1-2H3,(H,29,30,31). The van der Waals surface area contributed by atoms with Gasteiger partial charge in [-0.25, -0.2) is 14.8 Å². The molecule has 4 aromatic rings. The molecule has 0 saturated carbocycles. The first-order valence-electron chi connectivity index (χ1n) is 12.1. The number of carbonyl (C=O) groups excluding carboxylic acids is 1. The third-order valence-electron chi connectivity index (χ3n) is 6.35. The van der Waals surface area contributed by atoms with Crippen LogP contribution in [0.5, 0.6) is 0 Å². The van der Waals surface area contributed by atoms with E-state index in [0.29, 0.717) is 10.7 Å². The predicted octanol–water partition coefficient (Wildman–Crippen LogP) is 4.11. The van der Waals surface area contributed by atoms with Gasteiger partial charge in [0.25, 0.3) is 5.56 Å². The molecule has 0 aliphatic carbocycles. The van der Waals surface area contributed by atoms with E-state index in [9.17, 15) is 9.59 Å². The molecule has 1 N–H and O–H groups in total. The van der Waals surface area contributed by atoms with Crippen molar-refractivity contribution in [3.8, 4) is 5.69 Å². The number of pyridine rings is 1. The average molecular weight is 519 g/mol. The van der Waals surface area contributed by atoms with E-state index in [0.717, 1.165) is 37.6 Å². The fourth-order valence-electron chi connectivity index (χ4n) is 4.32. The summed E-state index contributed by atoms with van der Waals surface area (Å²) in [4.78, 5) is 39.7. The Labute approximate surface area is 219 Å². The monoisotopic (exact) mass is 518 g/mol. The second kappa shape index (κ2) is 10.6. The van der Waals surface area contributed by atoms with Crippen molar-refractivity contribution >= 4 is 45.8 Å². The second-order valence-electron chi connectivity index (χ2n) is 8.81. The number of ether oxygens (including phenoxy) is 1. The van der Waals surface area contributed by atoms with E-state index in [2.05, 4.69) is 44.3 Å². The summed E-state index contributed by atoms with van der Waals surface area (Å²) < 4.78 is 6.58. The minimum absolute atomic E-state index is 0.146. The number of nitrogens with one attached hydrogen (secondary N) is 1. The molecule has 0 atom stereocenters. The third-order valence-corrected chi connectivity index (χ3v) is 6.67. The molecule has 1 aliphatic heterocycles. The van der Waals surface area contributed by atoms with Crippen molar-refractivity contribution in [2.75, 3.05) is 50.1 Å². The van der Waals surface area contributed by atoms with E-state index >= 15 is 0 Å². The number of esters is 1. The molecule has 9 nitrogen and oxygen atoms in total. The van der Waals surface area contributed by atoms with Crippen LogP contribution < -0.4 is 15.8 Å². The van der Waals surface area contributed by atoms with Gasteiger partial charge in [0.1, 0.15) is 5.56 Å². The molecule has 37 heavy (non-hydrogen) atoms. The minimum atomic E-state index is -0.588. The number of fused-ring (bicyclic) bond motifs is 1. The Morgan fingerprint density at radius 3 is 2.51 bits per heavy atom. The first kappa shape index (κ1) is 24.7. The fraction of sp³-hybridized carbons (Fsp3) is 0.259. The Morgan fingerprint density at radius 2 is 1.81 bits per heavy atom. The summed E-state index contributed by atoms with van der Waals surface area (Å²) in [5.41, 5.74) is 2.36. The van der Waals surface area contributed by atoms with Gasteiger partial charge in [-0.2, -0.15) is 0 Å². The van der Waals surface area contributed by atoms with Crippen LogP contribution in [0.3, 0.4) is 0 Å². The maximum absolute atomic E-state index is 13.3. The van der Waals surface area contributed by atoms with E-state index in [1.165, 1.54) is 17.0 Å². The van der Waals surface area contributed by atoms with Crippen molar-refractivity contribution in [2.24, 2.45) is 0 Å². The Morgan fingerprint density at radius 1 is 1.08 bits per heavy atom. The van der Waals surface area contributed by atoms with Gasteiger partial charge < -0.3 is 19.9 Å². The number of halogens is 1. The Hall–Kier alpha value is -3.95. The molecule has 2 aromatic heterocycles. The Kier molecular flexibility index (Phi) is 7.07. The number of rotatable bonds is 6. The average Bonchev–Trinajstić information content (AvgIpc) is 2.90. The van der Waals surface area contributed by atoms with E-state index in [-0.39, 0.29) is 34.6 Å². The largest absolute Gasteiger partial charge is 0.462 e. The number of piperazine rings is 1. The first-order chi connectivity index (χ1) is 17.9. The predicted molar refractivity (Wildman–Crippen MR) is 146 cm³/mol. The van der Waals surface area contributed by atoms with E-state index in [1.807, 2.05) is 12.1 Å². The summed E-state index contributed by atoms with van der Waals surface area (Å²) in [6, 6.07) is 14.9. The number of hydrogen-bond donors (Lipinski definition) is 1. The SMILES string of the molecule is CCOC(=O)c1cn(-c2ccccc2Cl)c(=O)c2cnc(Nc3ccc(N4CCN(C)CC4)cc3)nc12. The number of benzene rings is 2. The number of likely N-dealkylation sites (N-methyl/N-ethyl adjacent to an activating group) is 1. The van der Waals surface area contributed by atoms with Crippen LogP contribution in [-0.2, 0) is 4.74 Å². The summed E-state index contributed by atoms with van der Waals surface area (Å²) in [5, 5.41) is 3.73. The zero-order valence-corrected chi connectivity index (χ0v) is 21.4. The number of hydrogen-bond acceptors (Lipinski definition) is 8. The van der Waals surface area contributed by atoms with Gasteiger partial charge in [0.2, 0.25) is 5.95 Å². The van der Waals surface area contributed by atoms with Gasteiger partial charge in [-0.3, -0.25) is 9.36 Å². The highest BCUT2D eigenvalue weighted by Gasteiger charge is 2.20. The molecule has 0 spiro atoms. The van der Waals surface area contributed by atoms with Crippen molar-refractivity contribution in [2.45, 2.75) is 6.92 Å². The maximum Gasteiger partial charge on any atom is 0.341 e. The van der Waals surface area contributed by atoms with Crippen LogP contribution in [-0.4, -0.2) is 65.2 Å². The Bertz CT molecular complexity index is 1500. The van der Waals surface area contributed by atoms with Gasteiger partial charge in [0, 0.05) is 49.9 Å². The van der Waals surface area contributed by atoms with Gasteiger partial charge >= 0.3 is 5.97 Å². The van der Waals surface area contributed by atoms with Crippen LogP contribution in [0, 0.1) is 0 Å². The summed E-state index contributed by atoms with van der Waals surface area (Å²) >= 11 is 6.34. The van der Waals surface area contributed by atoms with Crippen LogP contribution in [0.1, 0.15) is 17.3 Å². The number of para-hydroxylation sites is 1. The summed E-state index contributed by atoms with van der Waals surface area (Å²) in [5.74, 6) is -0.324. The molecule has 1 aliphatic rings. The molecular formula is C27H27ClN6O3. The Balaban J connectivity index is 1.49. The summed E-state index contributed by atoms with van der Waals surface area (Å²) in [7, 11) is 2.13. The van der Waals surface area contributed by atoms with Gasteiger partial charge in [0.05, 0.1) is 28.2 Å². The molecule has 0 unspecified atom stereocenters. The van der Waals surface area contributed by atoms with Gasteiger partial charge in [-0.1, -0.05) is 23.7 Å². The fourth-order valence-corrected chi connectivity index (χ4v) is 4.54. The minimum Gasteiger partial charge on any atom is -0.462 e. The maximum atomic E-state index is 13.3. The lowest BCUT2D eigenvalue weighted by molar-refractivity contribution is 0.0527. The van der Waals surface area contributed by atoms with Crippen LogP contribution in [0.2, 0.25) is 5.02 Å². The van der Waals surface area contributed by atoms with Gasteiger partial charge in [-0.05, 0) is 50.4 Å². The van der Waals surface area contributed by atoms with Crippen molar-refractivity contribution < 1.29 is 9.53 Å². The molecule has 1 saturated heterocycles. The molecule has 0 bridgehead atoms. The lowest BCUT2D eigenvalue weighted by atomic mass is 10.2. The molecule has 2 aromatic carbocycles. The quantitative estimate of drug-likeness (QED) is 0.381. The zero-order chi connectivity index (χ0) is 25.9. The number of carbonyl (C=O) groups is 1. The molecule has 0 radical (unpaired) electrons. The van der Waals surface area contributed by atoms with E-state index in [1.54, 1.807) is 31.2 Å². The molecule has 10 heteroatoms. The normalized spacial score (nSPS) is 14.1. The van der Waals surface area contributed by atoms with Crippen LogP contribution >= 0.6 is 11.6 Å². The highest BCUT2D eigenvalue weighted by Crippen LogP contribution is 2.24. The highest BCUT2D eigenvalue weighted by atomic mass is 35.5. The van der Waals surface area contributed by atoms with E-state index in [4.69, 9.17) is 16.3 Å². The van der Waals surface area contributed by atoms with Crippen LogP contribution in [0.25, 0.3) is 16.6 Å². The number of aromatic nitrogens is 3. The molecular weight excluding hydrogens is 492 g/mol. The number of nitrogens with zero attached hydrogens (tertiary/aromatic N) is 5. The lowest BCUT2D eigenvalue weighted by Gasteiger charge is -2.34. The zero-order valence-electron chi connectivity index (χ0n) is 20.6. The smallest absolute Gasteiger partial charge is 0.341 e. The third kappa shape index (κ3) is 5.14. The molecule has 1 fully saturated rings. The summed E-state index contributed by atoms with van der Waals surface area (Å²) in [6.07, 6.45) is 2.84. The van der Waals surface area contributed by atoms with Gasteiger partial charge in [-0.15, -0.1) is 0 Å². The lowest BCUT2D eigenvalue weighted by Crippen LogP contribution is -2.44. The van der Waals surface area contributed by atoms with Crippen molar-refractivity contribution in [3.05, 3.63) is 81.9 Å². The van der Waals surface area contributed by atoms with E-state index < -0.39 is 5.97 Å². The number of anilines is 3. The first-order valence-corrected chi connectivity index (χ1v) is 12.5. The molecule has 5 rings (SSSR count). The molecule has 190 valence electrons. The molecule has 3 heterocycles. The highest BCUT2D eigenvalue weighted by molar-refractivity contribution is 6.32. The molecule has 0 amide bonds. The topological polar surface area (TPSA) is 92.6 Å². The van der Waals surface area contributed by atoms with Gasteiger partial charge in [0.15, 0.2) is 0 Å². The van der Waals surface area contributed by atoms with Crippen LogP contribution in [0.15, 0.2) is 65.7 Å². The van der Waals surface area contributed by atoms with Crippen molar-refractivity contribution in [1.82, 2.24) is 19.4 Å². The summed E-state index contributed by atoms with van der Waals surface area (Å²) in [6.45, 7) is 5.94.